The van der Waals surface area contributed by atoms with Crippen LogP contribution >= 0.6 is 43.2 Å². The monoisotopic (exact) mass is 327 g/mol. The predicted octanol–water partition coefficient (Wildman–Crippen LogP) is 3.05. The van der Waals surface area contributed by atoms with Crippen LogP contribution in [0.5, 0.6) is 0 Å². The van der Waals surface area contributed by atoms with Gasteiger partial charge in [0.2, 0.25) is 0 Å². The number of aliphatic hydroxyl groups is 1. The number of rotatable bonds is 4. The van der Waals surface area contributed by atoms with Crippen molar-refractivity contribution in [2.24, 2.45) is 5.73 Å². The largest absolute Gasteiger partial charge is 0.396 e. The highest BCUT2D eigenvalue weighted by Gasteiger charge is 2.10. The van der Waals surface area contributed by atoms with Gasteiger partial charge in [0.15, 0.2) is 0 Å². The van der Waals surface area contributed by atoms with Crippen LogP contribution in [0.3, 0.4) is 0 Å². The molecule has 13 heavy (non-hydrogen) atoms. The van der Waals surface area contributed by atoms with E-state index in [9.17, 15) is 0 Å². The Morgan fingerprint density at radius 3 is 2.69 bits per heavy atom. The maximum absolute atomic E-state index is 8.65. The highest BCUT2D eigenvalue weighted by atomic mass is 79.9. The molecule has 0 radical (unpaired) electrons. The third-order valence-corrected chi connectivity index (χ3v) is 5.09. The van der Waals surface area contributed by atoms with Gasteiger partial charge in [-0.2, -0.15) is 0 Å². The fourth-order valence-electron chi connectivity index (χ4n) is 1.000. The summed E-state index contributed by atoms with van der Waals surface area (Å²) in [7, 11) is 0. The van der Waals surface area contributed by atoms with E-state index in [0.717, 1.165) is 26.0 Å². The molecule has 3 N–H and O–H groups in total. The zero-order chi connectivity index (χ0) is 9.84. The second-order valence-electron chi connectivity index (χ2n) is 2.74. The Labute approximate surface area is 98.4 Å². The summed E-state index contributed by atoms with van der Waals surface area (Å²) in [5, 5.41) is 8.65. The minimum absolute atomic E-state index is 0.0414. The van der Waals surface area contributed by atoms with E-state index < -0.39 is 0 Å². The predicted molar refractivity (Wildman–Crippen MR) is 63.0 cm³/mol. The van der Waals surface area contributed by atoms with Gasteiger partial charge in [-0.05, 0) is 50.8 Å². The van der Waals surface area contributed by atoms with Crippen molar-refractivity contribution in [1.29, 1.82) is 0 Å². The van der Waals surface area contributed by atoms with Crippen LogP contribution in [-0.2, 0) is 0 Å². The number of nitrogens with two attached hydrogens (primary N) is 1. The molecular formula is C8H11Br2NOS. The van der Waals surface area contributed by atoms with Gasteiger partial charge in [0, 0.05) is 22.0 Å². The van der Waals surface area contributed by atoms with E-state index in [1.807, 2.05) is 6.07 Å². The molecule has 1 aromatic heterocycles. The Balaban J connectivity index is 2.60. The molecule has 0 saturated carbocycles. The van der Waals surface area contributed by atoms with Crippen LogP contribution in [0.1, 0.15) is 23.8 Å². The summed E-state index contributed by atoms with van der Waals surface area (Å²) in [5.41, 5.74) is 5.92. The zero-order valence-corrected chi connectivity index (χ0v) is 11.0. The van der Waals surface area contributed by atoms with Crippen molar-refractivity contribution >= 4 is 43.2 Å². The molecule has 0 fully saturated rings. The van der Waals surface area contributed by atoms with Gasteiger partial charge in [0.25, 0.3) is 0 Å². The molecule has 1 heterocycles. The Morgan fingerprint density at radius 1 is 1.54 bits per heavy atom. The lowest BCUT2D eigenvalue weighted by Crippen LogP contribution is -2.08. The Hall–Kier alpha value is 0.580. The molecule has 1 aromatic rings. The van der Waals surface area contributed by atoms with Crippen molar-refractivity contribution in [1.82, 2.24) is 0 Å². The van der Waals surface area contributed by atoms with Gasteiger partial charge in [0.05, 0.1) is 3.79 Å². The van der Waals surface area contributed by atoms with Crippen LogP contribution < -0.4 is 5.73 Å². The highest BCUT2D eigenvalue weighted by Crippen LogP contribution is 2.35. The Morgan fingerprint density at radius 2 is 2.23 bits per heavy atom. The van der Waals surface area contributed by atoms with Crippen molar-refractivity contribution in [3.63, 3.8) is 0 Å². The van der Waals surface area contributed by atoms with Gasteiger partial charge >= 0.3 is 0 Å². The molecule has 0 unspecified atom stereocenters. The minimum atomic E-state index is 0.0414. The molecule has 1 rings (SSSR count). The molecule has 0 aliphatic heterocycles. The van der Waals surface area contributed by atoms with Gasteiger partial charge in [-0.25, -0.2) is 0 Å². The van der Waals surface area contributed by atoms with Gasteiger partial charge in [-0.3, -0.25) is 0 Å². The summed E-state index contributed by atoms with van der Waals surface area (Å²) < 4.78 is 2.12. The smallest absolute Gasteiger partial charge is 0.0843 e. The van der Waals surface area contributed by atoms with Gasteiger partial charge in [-0.1, -0.05) is 0 Å². The van der Waals surface area contributed by atoms with E-state index in [2.05, 4.69) is 31.9 Å². The van der Waals surface area contributed by atoms with E-state index in [4.69, 9.17) is 10.8 Å². The fourth-order valence-corrected chi connectivity index (χ4v) is 3.13. The van der Waals surface area contributed by atoms with E-state index in [-0.39, 0.29) is 12.6 Å². The van der Waals surface area contributed by atoms with Crippen LogP contribution in [0.4, 0.5) is 0 Å². The summed E-state index contributed by atoms with van der Waals surface area (Å²) in [5.74, 6) is 0. The molecule has 5 heteroatoms. The minimum Gasteiger partial charge on any atom is -0.396 e. The molecule has 74 valence electrons. The normalized spacial score (nSPS) is 13.2. The van der Waals surface area contributed by atoms with E-state index in [1.165, 1.54) is 0 Å². The molecule has 0 bridgehead atoms. The van der Waals surface area contributed by atoms with Gasteiger partial charge in [-0.15, -0.1) is 11.3 Å². The molecule has 0 aliphatic rings. The molecule has 1 atom stereocenters. The van der Waals surface area contributed by atoms with Gasteiger partial charge in [0.1, 0.15) is 0 Å². The lowest BCUT2D eigenvalue weighted by atomic mass is 10.1. The molecule has 2 nitrogen and oxygen atoms in total. The summed E-state index contributed by atoms with van der Waals surface area (Å²) in [6.07, 6.45) is 1.59. The molecule has 0 aliphatic carbocycles. The Bertz CT molecular complexity index is 258. The van der Waals surface area contributed by atoms with Crippen molar-refractivity contribution in [2.45, 2.75) is 18.9 Å². The topological polar surface area (TPSA) is 46.2 Å². The lowest BCUT2D eigenvalue weighted by Gasteiger charge is -2.06. The van der Waals surface area contributed by atoms with Gasteiger partial charge < -0.3 is 10.8 Å². The summed E-state index contributed by atoms with van der Waals surface area (Å²) >= 11 is 8.47. The maximum atomic E-state index is 8.65. The van der Waals surface area contributed by atoms with Crippen LogP contribution in [0.2, 0.25) is 0 Å². The average Bonchev–Trinajstić information content (AvgIpc) is 2.43. The second kappa shape index (κ2) is 5.46. The van der Waals surface area contributed by atoms with Crippen molar-refractivity contribution in [2.75, 3.05) is 6.61 Å². The van der Waals surface area contributed by atoms with Crippen LogP contribution in [0, 0.1) is 0 Å². The SMILES string of the molecule is N[C@H](CCCO)c1cc(Br)c(Br)s1. The maximum Gasteiger partial charge on any atom is 0.0843 e. The molecule has 0 amide bonds. The highest BCUT2D eigenvalue weighted by molar-refractivity contribution is 9.13. The molecule has 0 spiro atoms. The third-order valence-electron chi connectivity index (χ3n) is 1.70. The summed E-state index contributed by atoms with van der Waals surface area (Å²) in [6.45, 7) is 0.210. The first kappa shape index (κ1) is 11.7. The van der Waals surface area contributed by atoms with Crippen LogP contribution in [0.25, 0.3) is 0 Å². The first-order valence-corrected chi connectivity index (χ1v) is 6.36. The molecule has 0 aromatic carbocycles. The first-order chi connectivity index (χ1) is 6.15. The third kappa shape index (κ3) is 3.32. The number of hydrogen-bond acceptors (Lipinski definition) is 3. The van der Waals surface area contributed by atoms with Crippen LogP contribution in [-0.4, -0.2) is 11.7 Å². The zero-order valence-electron chi connectivity index (χ0n) is 6.96. The standard InChI is InChI=1S/C8H11Br2NOS/c9-5-4-7(13-8(5)10)6(11)2-1-3-12/h4,6,12H,1-3,11H2/t6-/m1/s1. The number of halogens is 2. The van der Waals surface area contributed by atoms with Crippen LogP contribution in [0.15, 0.2) is 14.3 Å². The van der Waals surface area contributed by atoms with Crippen molar-refractivity contribution in [3.8, 4) is 0 Å². The van der Waals surface area contributed by atoms with E-state index in [0.29, 0.717) is 0 Å². The number of thiophene rings is 1. The van der Waals surface area contributed by atoms with E-state index >= 15 is 0 Å². The Kier molecular flexibility index (Phi) is 4.89. The quantitative estimate of drug-likeness (QED) is 0.892. The summed E-state index contributed by atoms with van der Waals surface area (Å²) in [4.78, 5) is 1.15. The second-order valence-corrected chi connectivity index (χ2v) is 6.00. The lowest BCUT2D eigenvalue weighted by molar-refractivity contribution is 0.280. The number of aliphatic hydroxyl groups excluding tert-OH is 1. The first-order valence-electron chi connectivity index (χ1n) is 3.96. The number of hydrogen-bond donors (Lipinski definition) is 2. The molecular weight excluding hydrogens is 318 g/mol. The average molecular weight is 329 g/mol. The summed E-state index contributed by atoms with van der Waals surface area (Å²) in [6, 6.07) is 2.07. The fraction of sp³-hybridized carbons (Fsp3) is 0.500. The van der Waals surface area contributed by atoms with Crippen molar-refractivity contribution in [3.05, 3.63) is 19.2 Å². The van der Waals surface area contributed by atoms with E-state index in [1.54, 1.807) is 11.3 Å². The molecule has 0 saturated heterocycles. The van der Waals surface area contributed by atoms with Crippen molar-refractivity contribution < 1.29 is 5.11 Å².